The molecule has 2 aromatic rings. The lowest BCUT2D eigenvalue weighted by Crippen LogP contribution is -2.25. The van der Waals surface area contributed by atoms with Gasteiger partial charge in [-0.3, -0.25) is 0 Å². The maximum Gasteiger partial charge on any atom is 0.151 e. The molecule has 1 fully saturated rings. The Morgan fingerprint density at radius 3 is 3.11 bits per heavy atom. The van der Waals surface area contributed by atoms with Crippen LogP contribution in [0.4, 0.5) is 5.82 Å². The molecule has 1 aliphatic rings. The van der Waals surface area contributed by atoms with Crippen LogP contribution in [0.3, 0.4) is 0 Å². The summed E-state index contributed by atoms with van der Waals surface area (Å²) in [4.78, 5) is 11.4. The minimum Gasteiger partial charge on any atom is -0.396 e. The Morgan fingerprint density at radius 1 is 1.39 bits per heavy atom. The van der Waals surface area contributed by atoms with E-state index in [0.717, 1.165) is 35.9 Å². The third-order valence-corrected chi connectivity index (χ3v) is 3.62. The normalized spacial score (nSPS) is 23.8. The number of aliphatic hydroxyl groups excluding tert-OH is 1. The van der Waals surface area contributed by atoms with Crippen LogP contribution in [0.25, 0.3) is 11.0 Å². The molecule has 5 N–H and O–H groups in total. The number of aromatic nitrogens is 3. The number of nitrogens with two attached hydrogens (primary N) is 1. The summed E-state index contributed by atoms with van der Waals surface area (Å²) in [7, 11) is 0. The number of rotatable bonds is 3. The van der Waals surface area contributed by atoms with Crippen molar-refractivity contribution in [1.82, 2.24) is 20.3 Å². The number of H-pyrrole nitrogens is 1. The fourth-order valence-electron chi connectivity index (χ4n) is 2.69. The molecule has 0 bridgehead atoms. The summed E-state index contributed by atoms with van der Waals surface area (Å²) < 4.78 is 0. The zero-order valence-electron chi connectivity index (χ0n) is 10.1. The van der Waals surface area contributed by atoms with Gasteiger partial charge < -0.3 is 21.1 Å². The van der Waals surface area contributed by atoms with E-state index in [1.54, 1.807) is 0 Å². The third kappa shape index (κ3) is 1.83. The Balaban J connectivity index is 1.89. The lowest BCUT2D eigenvalue weighted by Gasteiger charge is -2.12. The minimum absolute atomic E-state index is 0.230. The van der Waals surface area contributed by atoms with E-state index in [1.807, 2.05) is 6.20 Å². The van der Waals surface area contributed by atoms with Crippen LogP contribution in [0.15, 0.2) is 12.5 Å². The van der Waals surface area contributed by atoms with E-state index in [9.17, 15) is 0 Å². The van der Waals surface area contributed by atoms with Crippen LogP contribution < -0.4 is 11.1 Å². The molecule has 2 atom stereocenters. The summed E-state index contributed by atoms with van der Waals surface area (Å²) in [6.45, 7) is 0.230. The number of nitrogens with zero attached hydrogens (tertiary/aromatic N) is 2. The van der Waals surface area contributed by atoms with Gasteiger partial charge in [-0.05, 0) is 19.3 Å². The van der Waals surface area contributed by atoms with Gasteiger partial charge >= 0.3 is 0 Å². The zero-order chi connectivity index (χ0) is 12.5. The maximum atomic E-state index is 8.97. The van der Waals surface area contributed by atoms with Crippen LogP contribution >= 0.6 is 0 Å². The first-order valence-corrected chi connectivity index (χ1v) is 6.24. The van der Waals surface area contributed by atoms with Crippen molar-refractivity contribution in [2.75, 3.05) is 12.3 Å². The molecule has 0 radical (unpaired) electrons. The van der Waals surface area contributed by atoms with Gasteiger partial charge in [-0.25, -0.2) is 9.97 Å². The van der Waals surface area contributed by atoms with Crippen molar-refractivity contribution in [2.45, 2.75) is 31.3 Å². The molecule has 0 aliphatic carbocycles. The van der Waals surface area contributed by atoms with Crippen molar-refractivity contribution in [1.29, 1.82) is 0 Å². The summed E-state index contributed by atoms with van der Waals surface area (Å²) in [6.07, 6.45) is 6.39. The fourth-order valence-corrected chi connectivity index (χ4v) is 2.69. The lowest BCUT2D eigenvalue weighted by molar-refractivity contribution is 0.269. The molecule has 0 amide bonds. The van der Waals surface area contributed by atoms with E-state index in [4.69, 9.17) is 10.8 Å². The van der Waals surface area contributed by atoms with E-state index in [2.05, 4.69) is 20.3 Å². The average molecular weight is 247 g/mol. The van der Waals surface area contributed by atoms with E-state index in [0.29, 0.717) is 11.9 Å². The number of aromatic amines is 1. The molecule has 0 spiro atoms. The van der Waals surface area contributed by atoms with Gasteiger partial charge in [-0.15, -0.1) is 0 Å². The van der Waals surface area contributed by atoms with Crippen LogP contribution in [-0.2, 0) is 0 Å². The molecular formula is C12H17N5O. The van der Waals surface area contributed by atoms with Crippen LogP contribution in [0.2, 0.25) is 0 Å². The van der Waals surface area contributed by atoms with Crippen LogP contribution in [0, 0.1) is 0 Å². The number of hydrogen-bond acceptors (Lipinski definition) is 5. The molecule has 0 aromatic carbocycles. The maximum absolute atomic E-state index is 8.97. The van der Waals surface area contributed by atoms with E-state index in [1.165, 1.54) is 6.33 Å². The highest BCUT2D eigenvalue weighted by molar-refractivity contribution is 5.87. The molecule has 96 valence electrons. The highest BCUT2D eigenvalue weighted by Gasteiger charge is 2.27. The second-order valence-corrected chi connectivity index (χ2v) is 4.73. The number of anilines is 1. The van der Waals surface area contributed by atoms with Crippen molar-refractivity contribution in [3.8, 4) is 0 Å². The molecule has 6 nitrogen and oxygen atoms in total. The van der Waals surface area contributed by atoms with Gasteiger partial charge in [0.2, 0.25) is 0 Å². The molecule has 0 saturated carbocycles. The number of nitrogen functional groups attached to an aromatic ring is 1. The SMILES string of the molecule is Nc1ncnc2c(C3CCC(CCO)N3)c[nH]c12. The first-order chi connectivity index (χ1) is 8.79. The second kappa shape index (κ2) is 4.55. The summed E-state index contributed by atoms with van der Waals surface area (Å²) in [5.74, 6) is 0.483. The number of hydrogen-bond donors (Lipinski definition) is 4. The molecule has 2 unspecified atom stereocenters. The minimum atomic E-state index is 0.230. The van der Waals surface area contributed by atoms with Crippen LogP contribution in [0.1, 0.15) is 30.9 Å². The van der Waals surface area contributed by atoms with Crippen LogP contribution in [-0.4, -0.2) is 32.7 Å². The Morgan fingerprint density at radius 2 is 2.28 bits per heavy atom. The Kier molecular flexibility index (Phi) is 2.89. The van der Waals surface area contributed by atoms with Crippen molar-refractivity contribution in [3.63, 3.8) is 0 Å². The van der Waals surface area contributed by atoms with Crippen molar-refractivity contribution < 1.29 is 5.11 Å². The number of aliphatic hydroxyl groups is 1. The number of fused-ring (bicyclic) bond motifs is 1. The first-order valence-electron chi connectivity index (χ1n) is 6.24. The van der Waals surface area contributed by atoms with Crippen molar-refractivity contribution in [2.24, 2.45) is 0 Å². The van der Waals surface area contributed by atoms with Gasteiger partial charge in [0.05, 0.1) is 5.52 Å². The van der Waals surface area contributed by atoms with Gasteiger partial charge in [0, 0.05) is 30.5 Å². The van der Waals surface area contributed by atoms with E-state index >= 15 is 0 Å². The first kappa shape index (κ1) is 11.4. The molecule has 1 aliphatic heterocycles. The molecule has 18 heavy (non-hydrogen) atoms. The topological polar surface area (TPSA) is 99.8 Å². The Labute approximate surface area is 105 Å². The second-order valence-electron chi connectivity index (χ2n) is 4.73. The summed E-state index contributed by atoms with van der Waals surface area (Å²) in [5.41, 5.74) is 8.64. The molecule has 3 rings (SSSR count). The molecule has 3 heterocycles. The Bertz CT molecular complexity index is 552. The van der Waals surface area contributed by atoms with E-state index < -0.39 is 0 Å². The van der Waals surface area contributed by atoms with Gasteiger partial charge in [-0.1, -0.05) is 0 Å². The van der Waals surface area contributed by atoms with Crippen LogP contribution in [0.5, 0.6) is 0 Å². The van der Waals surface area contributed by atoms with E-state index in [-0.39, 0.29) is 12.6 Å². The van der Waals surface area contributed by atoms with Crippen molar-refractivity contribution >= 4 is 16.9 Å². The van der Waals surface area contributed by atoms with Gasteiger partial charge in [-0.2, -0.15) is 0 Å². The molecular weight excluding hydrogens is 230 g/mol. The fraction of sp³-hybridized carbons (Fsp3) is 0.500. The average Bonchev–Trinajstić information content (AvgIpc) is 2.96. The molecule has 6 heteroatoms. The van der Waals surface area contributed by atoms with Gasteiger partial charge in [0.1, 0.15) is 11.8 Å². The molecule has 1 saturated heterocycles. The predicted octanol–water partition coefficient (Wildman–Crippen LogP) is 0.716. The smallest absolute Gasteiger partial charge is 0.151 e. The van der Waals surface area contributed by atoms with Crippen molar-refractivity contribution in [3.05, 3.63) is 18.1 Å². The summed E-state index contributed by atoms with van der Waals surface area (Å²) in [6, 6.07) is 0.675. The highest BCUT2D eigenvalue weighted by atomic mass is 16.3. The van der Waals surface area contributed by atoms with Gasteiger partial charge in [0.25, 0.3) is 0 Å². The monoisotopic (exact) mass is 247 g/mol. The predicted molar refractivity (Wildman–Crippen MR) is 68.9 cm³/mol. The van der Waals surface area contributed by atoms with Gasteiger partial charge in [0.15, 0.2) is 5.82 Å². The molecule has 2 aromatic heterocycles. The standard InChI is InChI=1S/C12H17N5O/c13-12-11-10(15-6-16-12)8(5-14-11)9-2-1-7(17-9)3-4-18/h5-7,9,14,17-18H,1-4H2,(H2,13,15,16). The number of nitrogens with one attached hydrogen (secondary N) is 2. The zero-order valence-corrected chi connectivity index (χ0v) is 10.1. The lowest BCUT2D eigenvalue weighted by atomic mass is 10.1. The summed E-state index contributed by atoms with van der Waals surface area (Å²) in [5, 5.41) is 12.5. The summed E-state index contributed by atoms with van der Waals surface area (Å²) >= 11 is 0. The quantitative estimate of drug-likeness (QED) is 0.640. The third-order valence-electron chi connectivity index (χ3n) is 3.62. The largest absolute Gasteiger partial charge is 0.396 e. The highest BCUT2D eigenvalue weighted by Crippen LogP contribution is 2.32. The Hall–Kier alpha value is -1.66.